The standard InChI is InChI=1S/C59H59BN2Si/c1-56(2,3)34-22-26-37(27-23-34)62-48-33-44-40(38-18-14-16-20-43(38)59(44,10)11)32-42(48)50-51-39-19-15-17-21-49(39)63(12,13)55(51)52-41-30-35(57(4,5)6)24-28-46(41)61-47-29-25-36(58(7,8)9)31-45(47)60(62)53(50)54(52)61/h14-33H,1-13H3. The van der Waals surface area contributed by atoms with Gasteiger partial charge in [0.15, 0.2) is 0 Å². The van der Waals surface area contributed by atoms with Crippen LogP contribution in [0, 0.1) is 0 Å². The van der Waals surface area contributed by atoms with E-state index in [0.29, 0.717) is 0 Å². The third kappa shape index (κ3) is 5.02. The maximum atomic E-state index is 2.77. The van der Waals surface area contributed by atoms with Crippen molar-refractivity contribution in [3.63, 3.8) is 0 Å². The Labute approximate surface area is 376 Å². The molecule has 0 amide bonds. The highest BCUT2D eigenvalue weighted by molar-refractivity contribution is 7.06. The van der Waals surface area contributed by atoms with Crippen LogP contribution in [0.25, 0.3) is 60.9 Å². The molecule has 0 spiro atoms. The number of fused-ring (bicyclic) bond motifs is 16. The predicted molar refractivity (Wildman–Crippen MR) is 276 cm³/mol. The van der Waals surface area contributed by atoms with E-state index in [1.807, 2.05) is 0 Å². The van der Waals surface area contributed by atoms with Crippen molar-refractivity contribution in [2.75, 3.05) is 4.81 Å². The van der Waals surface area contributed by atoms with E-state index in [-0.39, 0.29) is 28.5 Å². The van der Waals surface area contributed by atoms with Gasteiger partial charge in [0.2, 0.25) is 0 Å². The van der Waals surface area contributed by atoms with Gasteiger partial charge in [-0.1, -0.05) is 168 Å². The fourth-order valence-electron chi connectivity index (χ4n) is 12.4. The normalized spacial score (nSPS) is 16.2. The number of anilines is 2. The first kappa shape index (κ1) is 39.0. The molecule has 0 atom stereocenters. The highest BCUT2D eigenvalue weighted by Crippen LogP contribution is 2.56. The van der Waals surface area contributed by atoms with E-state index >= 15 is 0 Å². The molecule has 1 aromatic heterocycles. The Morgan fingerprint density at radius 1 is 0.540 bits per heavy atom. The van der Waals surface area contributed by atoms with Gasteiger partial charge in [-0.2, -0.15) is 0 Å². The summed E-state index contributed by atoms with van der Waals surface area (Å²) in [4.78, 5) is 2.77. The van der Waals surface area contributed by atoms with E-state index in [9.17, 15) is 0 Å². The molecule has 3 aliphatic heterocycles. The van der Waals surface area contributed by atoms with Crippen LogP contribution in [0.15, 0.2) is 121 Å². The van der Waals surface area contributed by atoms with E-state index in [2.05, 4.69) is 220 Å². The third-order valence-corrected chi connectivity index (χ3v) is 19.3. The molecule has 4 aliphatic rings. The van der Waals surface area contributed by atoms with Crippen LogP contribution in [0.2, 0.25) is 13.1 Å². The highest BCUT2D eigenvalue weighted by atomic mass is 28.3. The molecule has 2 nitrogen and oxygen atoms in total. The molecule has 0 unspecified atom stereocenters. The number of nitrogens with zero attached hydrogens (tertiary/aromatic N) is 2. The number of hydrogen-bond acceptors (Lipinski definition) is 1. The minimum absolute atomic E-state index is 0.0114. The number of benzene rings is 7. The van der Waals surface area contributed by atoms with Gasteiger partial charge in [-0.05, 0) is 136 Å². The third-order valence-electron chi connectivity index (χ3n) is 15.8. The van der Waals surface area contributed by atoms with E-state index in [1.165, 1.54) is 111 Å². The molecule has 4 heteroatoms. The van der Waals surface area contributed by atoms with Crippen molar-refractivity contribution in [3.8, 4) is 39.1 Å². The van der Waals surface area contributed by atoms with Gasteiger partial charge in [-0.15, -0.1) is 0 Å². The van der Waals surface area contributed by atoms with Crippen LogP contribution in [0.5, 0.6) is 0 Å². The minimum atomic E-state index is -2.25. The monoisotopic (exact) mass is 834 g/mol. The summed E-state index contributed by atoms with van der Waals surface area (Å²) in [6.07, 6.45) is 0. The molecule has 12 rings (SSSR count). The molecule has 0 saturated carbocycles. The lowest BCUT2D eigenvalue weighted by atomic mass is 9.43. The molecule has 0 N–H and O–H groups in total. The number of hydrogen-bond donors (Lipinski definition) is 0. The van der Waals surface area contributed by atoms with Crippen LogP contribution < -0.4 is 26.1 Å². The Balaban J connectivity index is 1.34. The quantitative estimate of drug-likeness (QED) is 0.150. The van der Waals surface area contributed by atoms with Crippen molar-refractivity contribution in [1.29, 1.82) is 0 Å². The van der Waals surface area contributed by atoms with Gasteiger partial charge < -0.3 is 9.38 Å². The first-order valence-corrected chi connectivity index (χ1v) is 26.3. The number of rotatable bonds is 1. The van der Waals surface area contributed by atoms with Crippen molar-refractivity contribution in [2.24, 2.45) is 0 Å². The second-order valence-electron chi connectivity index (χ2n) is 23.4. The molecule has 0 fully saturated rings. The fraction of sp³-hybridized carbons (Fsp3) is 0.288. The summed E-state index contributed by atoms with van der Waals surface area (Å²) in [5.74, 6) is 0. The average Bonchev–Trinajstić information content (AvgIpc) is 3.78. The topological polar surface area (TPSA) is 8.17 Å². The fourth-order valence-corrected chi connectivity index (χ4v) is 15.8. The average molecular weight is 835 g/mol. The molecule has 0 bridgehead atoms. The highest BCUT2D eigenvalue weighted by Gasteiger charge is 2.51. The van der Waals surface area contributed by atoms with Gasteiger partial charge >= 0.3 is 6.85 Å². The lowest BCUT2D eigenvalue weighted by Crippen LogP contribution is -2.61. The maximum absolute atomic E-state index is 2.77. The largest absolute Gasteiger partial charge is 0.376 e. The second kappa shape index (κ2) is 12.2. The van der Waals surface area contributed by atoms with Crippen LogP contribution >= 0.6 is 0 Å². The molecular weight excluding hydrogens is 776 g/mol. The first-order valence-electron chi connectivity index (χ1n) is 23.3. The van der Waals surface area contributed by atoms with Crippen molar-refractivity contribution < 1.29 is 0 Å². The molecule has 312 valence electrons. The zero-order valence-corrected chi connectivity index (χ0v) is 40.5. The van der Waals surface area contributed by atoms with Crippen molar-refractivity contribution in [1.82, 2.24) is 4.57 Å². The molecule has 63 heavy (non-hydrogen) atoms. The van der Waals surface area contributed by atoms with Gasteiger partial charge in [-0.3, -0.25) is 0 Å². The molecular formula is C59H59BN2Si. The Morgan fingerprint density at radius 2 is 1.16 bits per heavy atom. The minimum Gasteiger partial charge on any atom is -0.376 e. The van der Waals surface area contributed by atoms with Gasteiger partial charge in [0, 0.05) is 38.8 Å². The Bertz CT molecular complexity index is 3340. The molecule has 0 saturated heterocycles. The Kier molecular flexibility index (Phi) is 7.53. The zero-order chi connectivity index (χ0) is 44.1. The summed E-state index contributed by atoms with van der Waals surface area (Å²) in [7, 11) is -2.25. The SMILES string of the molecule is CC(C)(C)c1ccc(N2B3c4cc(C(C)(C)C)ccc4-n4c5ccc(C(C)(C)C)cc5c5c6c(c(c3c54)-c3cc4c(cc32)C(C)(C)c2ccccc2-4)-c2ccccc2[Si]6(C)C)cc1. The lowest BCUT2D eigenvalue weighted by Gasteiger charge is -2.44. The summed E-state index contributed by atoms with van der Waals surface area (Å²) >= 11 is 0. The van der Waals surface area contributed by atoms with Gasteiger partial charge in [0.25, 0.3) is 0 Å². The van der Waals surface area contributed by atoms with Crippen LogP contribution in [-0.2, 0) is 21.7 Å². The molecule has 8 aromatic rings. The van der Waals surface area contributed by atoms with Crippen molar-refractivity contribution >= 4 is 69.4 Å². The van der Waals surface area contributed by atoms with E-state index in [1.54, 1.807) is 10.4 Å². The second-order valence-corrected chi connectivity index (χ2v) is 27.7. The summed E-state index contributed by atoms with van der Waals surface area (Å²) in [5, 5.41) is 6.04. The zero-order valence-electron chi connectivity index (χ0n) is 39.5. The van der Waals surface area contributed by atoms with Crippen LogP contribution in [0.4, 0.5) is 11.4 Å². The first-order chi connectivity index (χ1) is 29.7. The molecule has 1 aliphatic carbocycles. The summed E-state index contributed by atoms with van der Waals surface area (Å²) in [5.41, 5.74) is 24.7. The Hall–Kier alpha value is -5.58. The molecule has 7 aromatic carbocycles. The Morgan fingerprint density at radius 3 is 1.86 bits per heavy atom. The predicted octanol–water partition coefficient (Wildman–Crippen LogP) is 13.0. The van der Waals surface area contributed by atoms with Gasteiger partial charge in [-0.25, -0.2) is 0 Å². The van der Waals surface area contributed by atoms with Crippen molar-refractivity contribution in [3.05, 3.63) is 149 Å². The molecule has 4 heterocycles. The smallest absolute Gasteiger partial charge is 0.333 e. The molecule has 0 radical (unpaired) electrons. The summed E-state index contributed by atoms with van der Waals surface area (Å²) in [6.45, 7) is 31.2. The van der Waals surface area contributed by atoms with E-state index in [4.69, 9.17) is 0 Å². The van der Waals surface area contributed by atoms with E-state index < -0.39 is 8.07 Å². The van der Waals surface area contributed by atoms with Crippen LogP contribution in [0.3, 0.4) is 0 Å². The lowest BCUT2D eigenvalue weighted by molar-refractivity contribution is 0.590. The van der Waals surface area contributed by atoms with Crippen LogP contribution in [-0.4, -0.2) is 19.5 Å². The number of aromatic nitrogens is 1. The van der Waals surface area contributed by atoms with E-state index in [0.717, 1.165) is 0 Å². The van der Waals surface area contributed by atoms with Crippen molar-refractivity contribution in [2.45, 2.75) is 111 Å². The van der Waals surface area contributed by atoms with Gasteiger partial charge in [0.1, 0.15) is 8.07 Å². The maximum Gasteiger partial charge on any atom is 0.333 e. The van der Waals surface area contributed by atoms with Gasteiger partial charge in [0.05, 0.1) is 11.0 Å². The van der Waals surface area contributed by atoms with Crippen LogP contribution in [0.1, 0.15) is 104 Å². The summed E-state index contributed by atoms with van der Waals surface area (Å²) in [6, 6.07) is 48.5. The summed E-state index contributed by atoms with van der Waals surface area (Å²) < 4.78 is 2.71.